The van der Waals surface area contributed by atoms with Crippen LogP contribution < -0.4 is 16.2 Å². The van der Waals surface area contributed by atoms with Gasteiger partial charge in [0.25, 0.3) is 0 Å². The molecule has 0 spiro atoms. The van der Waals surface area contributed by atoms with Gasteiger partial charge in [-0.1, -0.05) is 6.92 Å². The van der Waals surface area contributed by atoms with Gasteiger partial charge < -0.3 is 10.3 Å². The summed E-state index contributed by atoms with van der Waals surface area (Å²) in [5, 5.41) is 0. The monoisotopic (exact) mass is 233 g/mol. The zero-order valence-corrected chi connectivity index (χ0v) is 10.2. The average molecular weight is 233 g/mol. The van der Waals surface area contributed by atoms with Gasteiger partial charge >= 0.3 is 0 Å². The Morgan fingerprint density at radius 2 is 2.35 bits per heavy atom. The molecule has 2 fully saturated rings. The van der Waals surface area contributed by atoms with Crippen LogP contribution >= 0.6 is 0 Å². The number of anilines is 2. The first-order valence-corrected chi connectivity index (χ1v) is 6.40. The standard InChI is InChI=1S/C12H19N5/c1-2-10-11(16-13)14-7-15-12(10)17-6-8-3-4-9(17)5-8/h7-9H,2-6,13H2,1H3,(H,14,15,16). The summed E-state index contributed by atoms with van der Waals surface area (Å²) in [6.45, 7) is 3.27. The summed E-state index contributed by atoms with van der Waals surface area (Å²) >= 11 is 0. The molecule has 92 valence electrons. The van der Waals surface area contributed by atoms with Crippen molar-refractivity contribution < 1.29 is 0 Å². The number of hydrazine groups is 1. The summed E-state index contributed by atoms with van der Waals surface area (Å²) < 4.78 is 0. The van der Waals surface area contributed by atoms with E-state index >= 15 is 0 Å². The number of aromatic nitrogens is 2. The first kappa shape index (κ1) is 10.8. The van der Waals surface area contributed by atoms with Crippen LogP contribution in [0, 0.1) is 5.92 Å². The molecule has 2 aliphatic rings. The number of piperidine rings is 1. The lowest BCUT2D eigenvalue weighted by atomic mass is 10.1. The SMILES string of the molecule is CCc1c(NN)ncnc1N1CC2CCC1C2. The van der Waals surface area contributed by atoms with E-state index in [9.17, 15) is 0 Å². The van der Waals surface area contributed by atoms with Gasteiger partial charge in [0.1, 0.15) is 18.0 Å². The van der Waals surface area contributed by atoms with E-state index in [4.69, 9.17) is 5.84 Å². The molecule has 1 aromatic rings. The van der Waals surface area contributed by atoms with E-state index in [1.807, 2.05) is 0 Å². The Morgan fingerprint density at radius 1 is 1.47 bits per heavy atom. The molecule has 0 radical (unpaired) electrons. The molecule has 1 aromatic heterocycles. The van der Waals surface area contributed by atoms with Crippen LogP contribution in [0.25, 0.3) is 0 Å². The third-order valence-corrected chi connectivity index (χ3v) is 4.09. The normalized spacial score (nSPS) is 26.6. The zero-order valence-electron chi connectivity index (χ0n) is 10.2. The van der Waals surface area contributed by atoms with Gasteiger partial charge in [-0.2, -0.15) is 0 Å². The highest BCUT2D eigenvalue weighted by Gasteiger charge is 2.39. The van der Waals surface area contributed by atoms with Crippen molar-refractivity contribution in [2.24, 2.45) is 11.8 Å². The summed E-state index contributed by atoms with van der Waals surface area (Å²) in [5.41, 5.74) is 3.82. The molecule has 2 bridgehead atoms. The Hall–Kier alpha value is -1.36. The fourth-order valence-electron chi connectivity index (χ4n) is 3.28. The molecule has 2 heterocycles. The highest BCUT2D eigenvalue weighted by atomic mass is 15.3. The van der Waals surface area contributed by atoms with Crippen LogP contribution in [0.3, 0.4) is 0 Å². The number of nitrogens with two attached hydrogens (primary N) is 1. The first-order valence-electron chi connectivity index (χ1n) is 6.40. The van der Waals surface area contributed by atoms with Crippen LogP contribution in [-0.2, 0) is 6.42 Å². The minimum atomic E-state index is 0.686. The Labute approximate surface area is 101 Å². The van der Waals surface area contributed by atoms with E-state index in [2.05, 4.69) is 27.2 Å². The van der Waals surface area contributed by atoms with Crippen LogP contribution in [0.2, 0.25) is 0 Å². The van der Waals surface area contributed by atoms with Gasteiger partial charge in [-0.15, -0.1) is 0 Å². The summed E-state index contributed by atoms with van der Waals surface area (Å²) in [6.07, 6.45) is 6.54. The van der Waals surface area contributed by atoms with E-state index < -0.39 is 0 Å². The molecular formula is C12H19N5. The number of nitrogen functional groups attached to an aromatic ring is 1. The molecule has 1 saturated heterocycles. The van der Waals surface area contributed by atoms with Gasteiger partial charge in [-0.25, -0.2) is 15.8 Å². The van der Waals surface area contributed by atoms with Gasteiger partial charge in [0, 0.05) is 18.2 Å². The Morgan fingerprint density at radius 3 is 2.94 bits per heavy atom. The minimum Gasteiger partial charge on any atom is -0.353 e. The van der Waals surface area contributed by atoms with Crippen LogP contribution in [0.4, 0.5) is 11.6 Å². The second-order valence-corrected chi connectivity index (χ2v) is 5.01. The molecule has 5 heteroatoms. The highest BCUT2D eigenvalue weighted by molar-refractivity contribution is 5.59. The van der Waals surface area contributed by atoms with Gasteiger partial charge in [0.15, 0.2) is 0 Å². The van der Waals surface area contributed by atoms with Crippen molar-refractivity contribution in [3.63, 3.8) is 0 Å². The quantitative estimate of drug-likeness (QED) is 0.608. The molecule has 2 unspecified atom stereocenters. The zero-order chi connectivity index (χ0) is 11.8. The van der Waals surface area contributed by atoms with E-state index in [1.165, 1.54) is 19.3 Å². The predicted octanol–water partition coefficient (Wildman–Crippen LogP) is 1.31. The lowest BCUT2D eigenvalue weighted by molar-refractivity contribution is 0.549. The Kier molecular flexibility index (Phi) is 2.63. The molecule has 0 aromatic carbocycles. The molecule has 3 N–H and O–H groups in total. The van der Waals surface area contributed by atoms with Crippen LogP contribution in [0.15, 0.2) is 6.33 Å². The number of nitrogens with zero attached hydrogens (tertiary/aromatic N) is 3. The highest BCUT2D eigenvalue weighted by Crippen LogP contribution is 2.41. The second kappa shape index (κ2) is 4.14. The Balaban J connectivity index is 1.97. The molecule has 2 atom stereocenters. The smallest absolute Gasteiger partial charge is 0.148 e. The summed E-state index contributed by atoms with van der Waals surface area (Å²) in [6, 6.07) is 0.686. The van der Waals surface area contributed by atoms with Crippen molar-refractivity contribution in [1.82, 2.24) is 9.97 Å². The molecule has 5 nitrogen and oxygen atoms in total. The van der Waals surface area contributed by atoms with Crippen molar-refractivity contribution in [3.05, 3.63) is 11.9 Å². The van der Waals surface area contributed by atoms with Crippen molar-refractivity contribution in [1.29, 1.82) is 0 Å². The largest absolute Gasteiger partial charge is 0.353 e. The molecule has 0 amide bonds. The second-order valence-electron chi connectivity index (χ2n) is 5.01. The number of rotatable bonds is 3. The third-order valence-electron chi connectivity index (χ3n) is 4.09. The van der Waals surface area contributed by atoms with E-state index in [0.717, 1.165) is 36.1 Å². The van der Waals surface area contributed by atoms with Crippen molar-refractivity contribution in [2.45, 2.75) is 38.6 Å². The number of hydrogen-bond acceptors (Lipinski definition) is 5. The summed E-state index contributed by atoms with van der Waals surface area (Å²) in [7, 11) is 0. The van der Waals surface area contributed by atoms with Crippen molar-refractivity contribution >= 4 is 11.6 Å². The average Bonchev–Trinajstić information content (AvgIpc) is 2.99. The number of fused-ring (bicyclic) bond motifs is 2. The first-order chi connectivity index (χ1) is 8.33. The van der Waals surface area contributed by atoms with Gasteiger partial charge in [-0.05, 0) is 31.6 Å². The molecule has 3 rings (SSSR count). The van der Waals surface area contributed by atoms with Crippen LogP contribution in [0.5, 0.6) is 0 Å². The van der Waals surface area contributed by atoms with E-state index in [-0.39, 0.29) is 0 Å². The van der Waals surface area contributed by atoms with Gasteiger partial charge in [-0.3, -0.25) is 0 Å². The van der Waals surface area contributed by atoms with Crippen LogP contribution in [-0.4, -0.2) is 22.6 Å². The molecule has 1 saturated carbocycles. The lowest BCUT2D eigenvalue weighted by Gasteiger charge is -2.30. The number of hydrogen-bond donors (Lipinski definition) is 2. The van der Waals surface area contributed by atoms with Gasteiger partial charge in [0.05, 0.1) is 0 Å². The lowest BCUT2D eigenvalue weighted by Crippen LogP contribution is -2.33. The van der Waals surface area contributed by atoms with Gasteiger partial charge in [0.2, 0.25) is 0 Å². The van der Waals surface area contributed by atoms with E-state index in [0.29, 0.717) is 6.04 Å². The molecule has 17 heavy (non-hydrogen) atoms. The van der Waals surface area contributed by atoms with Crippen LogP contribution in [0.1, 0.15) is 31.7 Å². The predicted molar refractivity (Wildman–Crippen MR) is 67.7 cm³/mol. The fraction of sp³-hybridized carbons (Fsp3) is 0.667. The summed E-state index contributed by atoms with van der Waals surface area (Å²) in [4.78, 5) is 11.1. The topological polar surface area (TPSA) is 67.1 Å². The maximum Gasteiger partial charge on any atom is 0.148 e. The van der Waals surface area contributed by atoms with E-state index in [1.54, 1.807) is 6.33 Å². The van der Waals surface area contributed by atoms with Crippen molar-refractivity contribution in [3.8, 4) is 0 Å². The summed E-state index contributed by atoms with van der Waals surface area (Å²) in [5.74, 6) is 8.23. The van der Waals surface area contributed by atoms with Crippen molar-refractivity contribution in [2.75, 3.05) is 16.9 Å². The fourth-order valence-corrected chi connectivity index (χ4v) is 3.28. The molecule has 1 aliphatic carbocycles. The Bertz CT molecular complexity index is 419. The maximum atomic E-state index is 5.51. The molecular weight excluding hydrogens is 214 g/mol. The molecule has 1 aliphatic heterocycles. The third kappa shape index (κ3) is 1.65. The maximum absolute atomic E-state index is 5.51. The number of nitrogens with one attached hydrogen (secondary N) is 1. The minimum absolute atomic E-state index is 0.686.